The van der Waals surface area contributed by atoms with Crippen LogP contribution in [0.2, 0.25) is 5.02 Å². The van der Waals surface area contributed by atoms with Gasteiger partial charge in [-0.1, -0.05) is 41.9 Å². The number of fused-ring (bicyclic) bond motifs is 1. The monoisotopic (exact) mass is 534 g/mol. The van der Waals surface area contributed by atoms with Crippen molar-refractivity contribution in [3.05, 3.63) is 82.6 Å². The summed E-state index contributed by atoms with van der Waals surface area (Å²) in [6, 6.07) is 17.7. The van der Waals surface area contributed by atoms with Gasteiger partial charge >= 0.3 is 0 Å². The second kappa shape index (κ2) is 11.6. The summed E-state index contributed by atoms with van der Waals surface area (Å²) in [7, 11) is 0. The molecule has 2 amide bonds. The number of hydrogen-bond acceptors (Lipinski definition) is 4. The fraction of sp³-hybridized carbons (Fsp3) is 0.433. The lowest BCUT2D eigenvalue weighted by molar-refractivity contribution is -0.138. The number of hydrogen-bond donors (Lipinski definition) is 0. The molecule has 0 radical (unpaired) electrons. The van der Waals surface area contributed by atoms with Gasteiger partial charge in [0.15, 0.2) is 0 Å². The van der Waals surface area contributed by atoms with E-state index >= 15 is 0 Å². The summed E-state index contributed by atoms with van der Waals surface area (Å²) < 4.78 is 8.07. The van der Waals surface area contributed by atoms with Gasteiger partial charge in [-0.2, -0.15) is 5.10 Å². The van der Waals surface area contributed by atoms with Crippen LogP contribution in [-0.2, 0) is 29.1 Å². The van der Waals surface area contributed by atoms with Crippen LogP contribution in [0.1, 0.15) is 42.5 Å². The summed E-state index contributed by atoms with van der Waals surface area (Å²) in [5, 5.41) is 4.90. The number of rotatable bonds is 8. The third kappa shape index (κ3) is 6.21. The smallest absolute Gasteiger partial charge is 0.224 e. The number of nitrogens with zero attached hydrogens (tertiary/aromatic N) is 4. The van der Waals surface area contributed by atoms with Gasteiger partial charge in [-0.3, -0.25) is 14.3 Å². The summed E-state index contributed by atoms with van der Waals surface area (Å²) in [5.41, 5.74) is 3.26. The van der Waals surface area contributed by atoms with Crippen LogP contribution < -0.4 is 4.74 Å². The Morgan fingerprint density at radius 3 is 2.50 bits per heavy atom. The summed E-state index contributed by atoms with van der Waals surface area (Å²) >= 11 is 6.17. The highest BCUT2D eigenvalue weighted by atomic mass is 35.5. The molecule has 3 aromatic rings. The van der Waals surface area contributed by atoms with Crippen LogP contribution in [0.15, 0.2) is 60.8 Å². The molecule has 5 rings (SSSR count). The minimum atomic E-state index is -0.342. The van der Waals surface area contributed by atoms with E-state index in [0.717, 1.165) is 31.5 Å². The number of aromatic nitrogens is 2. The van der Waals surface area contributed by atoms with Crippen LogP contribution in [0, 0.1) is 12.3 Å². The van der Waals surface area contributed by atoms with E-state index in [9.17, 15) is 9.59 Å². The van der Waals surface area contributed by atoms with Crippen LogP contribution in [0.4, 0.5) is 0 Å². The Labute approximate surface area is 229 Å². The molecule has 1 saturated heterocycles. The lowest BCUT2D eigenvalue weighted by Gasteiger charge is -2.42. The number of carbonyl (C=O) groups is 2. The maximum absolute atomic E-state index is 13.6. The molecule has 3 heterocycles. The number of aryl methyl sites for hydroxylation is 2. The SMILES string of the molecule is Cc1ccnn1CCC(=O)N1CCC(COc2cccc(Cl)c2)(CC(=O)N2CCc3ccccc3C2)CC1. The van der Waals surface area contributed by atoms with Gasteiger partial charge in [0.05, 0.1) is 6.61 Å². The Bertz CT molecular complexity index is 1280. The van der Waals surface area contributed by atoms with E-state index in [1.807, 2.05) is 51.7 Å². The van der Waals surface area contributed by atoms with Crippen molar-refractivity contribution >= 4 is 23.4 Å². The van der Waals surface area contributed by atoms with Gasteiger partial charge in [-0.15, -0.1) is 0 Å². The first kappa shape index (κ1) is 26.3. The van der Waals surface area contributed by atoms with Gasteiger partial charge in [0.2, 0.25) is 11.8 Å². The Balaban J connectivity index is 1.24. The molecule has 2 aliphatic heterocycles. The summed E-state index contributed by atoms with van der Waals surface area (Å²) in [4.78, 5) is 30.5. The summed E-state index contributed by atoms with van der Waals surface area (Å²) in [6.07, 6.45) is 4.90. The van der Waals surface area contributed by atoms with E-state index in [2.05, 4.69) is 23.3 Å². The molecule has 0 atom stereocenters. The van der Waals surface area contributed by atoms with Gasteiger partial charge in [0, 0.05) is 67.9 Å². The molecule has 2 aliphatic rings. The second-order valence-corrected chi connectivity index (χ2v) is 11.0. The molecule has 0 bridgehead atoms. The van der Waals surface area contributed by atoms with Gasteiger partial charge in [0.1, 0.15) is 5.75 Å². The molecule has 2 aromatic carbocycles. The van der Waals surface area contributed by atoms with Gasteiger partial charge < -0.3 is 14.5 Å². The standard InChI is InChI=1S/C30H35ClN4O3/c1-23-9-14-32-35(23)16-11-28(36)33-17-12-30(13-18-33,22-38-27-8-4-7-26(31)19-27)20-29(37)34-15-10-24-5-2-3-6-25(24)21-34/h2-9,14,19H,10-13,15-18,20-22H2,1H3. The maximum atomic E-state index is 13.6. The first-order chi connectivity index (χ1) is 18.4. The fourth-order valence-corrected chi connectivity index (χ4v) is 5.71. The third-order valence-corrected chi connectivity index (χ3v) is 8.23. The van der Waals surface area contributed by atoms with E-state index in [1.165, 1.54) is 11.1 Å². The van der Waals surface area contributed by atoms with Crippen molar-refractivity contribution in [3.8, 4) is 5.75 Å². The zero-order valence-corrected chi connectivity index (χ0v) is 22.7. The van der Waals surface area contributed by atoms with Crippen molar-refractivity contribution in [3.63, 3.8) is 0 Å². The average molecular weight is 535 g/mol. The molecular weight excluding hydrogens is 500 g/mol. The number of benzene rings is 2. The first-order valence-corrected chi connectivity index (χ1v) is 13.8. The normalized spacial score (nSPS) is 16.7. The highest BCUT2D eigenvalue weighted by molar-refractivity contribution is 6.30. The van der Waals surface area contributed by atoms with Gasteiger partial charge in [0.25, 0.3) is 0 Å². The first-order valence-electron chi connectivity index (χ1n) is 13.4. The Morgan fingerprint density at radius 2 is 1.76 bits per heavy atom. The van der Waals surface area contributed by atoms with Crippen molar-refractivity contribution in [2.75, 3.05) is 26.2 Å². The Morgan fingerprint density at radius 1 is 0.974 bits per heavy atom. The van der Waals surface area contributed by atoms with E-state index in [1.54, 1.807) is 12.3 Å². The van der Waals surface area contributed by atoms with Crippen molar-refractivity contribution in [2.24, 2.45) is 5.41 Å². The van der Waals surface area contributed by atoms with Crippen LogP contribution in [0.25, 0.3) is 0 Å². The number of ether oxygens (including phenoxy) is 1. The van der Waals surface area contributed by atoms with Crippen LogP contribution in [-0.4, -0.2) is 57.6 Å². The highest BCUT2D eigenvalue weighted by Gasteiger charge is 2.40. The van der Waals surface area contributed by atoms with Crippen LogP contribution >= 0.6 is 11.6 Å². The van der Waals surface area contributed by atoms with Crippen molar-refractivity contribution < 1.29 is 14.3 Å². The minimum absolute atomic E-state index is 0.128. The lowest BCUT2D eigenvalue weighted by atomic mass is 9.75. The van der Waals surface area contributed by atoms with Gasteiger partial charge in [-0.05, 0) is 61.6 Å². The van der Waals surface area contributed by atoms with E-state index in [0.29, 0.717) is 56.4 Å². The van der Waals surface area contributed by atoms with Gasteiger partial charge in [-0.25, -0.2) is 0 Å². The third-order valence-electron chi connectivity index (χ3n) is 7.99. The highest BCUT2D eigenvalue weighted by Crippen LogP contribution is 2.37. The Kier molecular flexibility index (Phi) is 8.03. The number of amides is 2. The van der Waals surface area contributed by atoms with Crippen molar-refractivity contribution in [1.82, 2.24) is 19.6 Å². The largest absolute Gasteiger partial charge is 0.493 e. The Hall–Kier alpha value is -3.32. The number of piperidine rings is 1. The van der Waals surface area contributed by atoms with Crippen molar-refractivity contribution in [1.29, 1.82) is 0 Å². The molecule has 38 heavy (non-hydrogen) atoms. The van der Waals surface area contributed by atoms with E-state index in [4.69, 9.17) is 16.3 Å². The molecule has 0 aliphatic carbocycles. The molecule has 200 valence electrons. The average Bonchev–Trinajstić information content (AvgIpc) is 3.35. The molecule has 8 heteroatoms. The number of likely N-dealkylation sites (tertiary alicyclic amines) is 1. The van der Waals surface area contributed by atoms with E-state index < -0.39 is 0 Å². The molecule has 0 spiro atoms. The predicted octanol–water partition coefficient (Wildman–Crippen LogP) is 4.90. The summed E-state index contributed by atoms with van der Waals surface area (Å²) in [6.45, 7) is 5.60. The zero-order valence-electron chi connectivity index (χ0n) is 21.9. The fourth-order valence-electron chi connectivity index (χ4n) is 5.53. The quantitative estimate of drug-likeness (QED) is 0.412. The second-order valence-electron chi connectivity index (χ2n) is 10.6. The predicted molar refractivity (Wildman–Crippen MR) is 147 cm³/mol. The molecular formula is C30H35ClN4O3. The summed E-state index contributed by atoms with van der Waals surface area (Å²) in [5.74, 6) is 0.982. The molecule has 1 fully saturated rings. The van der Waals surface area contributed by atoms with Crippen LogP contribution in [0.3, 0.4) is 0 Å². The van der Waals surface area contributed by atoms with Crippen LogP contribution in [0.5, 0.6) is 5.75 Å². The molecule has 0 unspecified atom stereocenters. The topological polar surface area (TPSA) is 67.7 Å². The molecule has 0 saturated carbocycles. The van der Waals surface area contributed by atoms with Crippen molar-refractivity contribution in [2.45, 2.75) is 52.1 Å². The number of halogens is 1. The number of carbonyl (C=O) groups excluding carboxylic acids is 2. The maximum Gasteiger partial charge on any atom is 0.224 e. The van der Waals surface area contributed by atoms with E-state index in [-0.39, 0.29) is 17.2 Å². The molecule has 7 nitrogen and oxygen atoms in total. The zero-order chi connectivity index (χ0) is 26.5. The minimum Gasteiger partial charge on any atom is -0.493 e. The lowest BCUT2D eigenvalue weighted by Crippen LogP contribution is -2.48. The molecule has 1 aromatic heterocycles. The molecule has 0 N–H and O–H groups in total.